The average Bonchev–Trinajstić information content (AvgIpc) is 3.03. The Labute approximate surface area is 260 Å². The van der Waals surface area contributed by atoms with Gasteiger partial charge >= 0.3 is 5.97 Å². The van der Waals surface area contributed by atoms with Crippen molar-refractivity contribution in [2.24, 2.45) is 0 Å². The number of rotatable bonds is 14. The number of esters is 1. The number of hydrogen-bond donors (Lipinski definition) is 6. The third-order valence-corrected chi connectivity index (χ3v) is 7.47. The molecule has 1 aliphatic rings. The fourth-order valence-corrected chi connectivity index (χ4v) is 4.83. The van der Waals surface area contributed by atoms with Crippen LogP contribution in [0.2, 0.25) is 0 Å². The Kier molecular flexibility index (Phi) is 12.1. The van der Waals surface area contributed by atoms with E-state index < -0.39 is 49.4 Å². The van der Waals surface area contributed by atoms with Crippen molar-refractivity contribution < 1.29 is 54.4 Å². The summed E-state index contributed by atoms with van der Waals surface area (Å²) < 4.78 is 17.0. The minimum atomic E-state index is -1.68. The van der Waals surface area contributed by atoms with Crippen molar-refractivity contribution in [1.29, 1.82) is 0 Å². The van der Waals surface area contributed by atoms with Crippen LogP contribution in [0.5, 0.6) is 17.2 Å². The van der Waals surface area contributed by atoms with E-state index in [2.05, 4.69) is 0 Å². The molecule has 1 heterocycles. The maximum Gasteiger partial charge on any atom is 0.330 e. The molecule has 0 aliphatic carbocycles. The molecule has 1 unspecified atom stereocenters. The monoisotopic (exact) mass is 622 g/mol. The first-order valence-electron chi connectivity index (χ1n) is 14.6. The van der Waals surface area contributed by atoms with E-state index in [1.807, 2.05) is 0 Å². The predicted octanol–water partition coefficient (Wildman–Crippen LogP) is 2.78. The van der Waals surface area contributed by atoms with Crippen LogP contribution in [0.15, 0.2) is 78.9 Å². The lowest BCUT2D eigenvalue weighted by atomic mass is 9.98. The Balaban J connectivity index is 1.38. The van der Waals surface area contributed by atoms with Gasteiger partial charge in [0.25, 0.3) is 0 Å². The first kappa shape index (κ1) is 33.6. The Morgan fingerprint density at radius 1 is 0.756 bits per heavy atom. The number of aryl methyl sites for hydroxylation is 2. The summed E-state index contributed by atoms with van der Waals surface area (Å²) in [6.07, 6.45) is -4.26. The molecule has 1 saturated heterocycles. The molecule has 240 valence electrons. The zero-order chi connectivity index (χ0) is 32.3. The van der Waals surface area contributed by atoms with E-state index >= 15 is 0 Å². The van der Waals surface area contributed by atoms with Crippen LogP contribution >= 0.6 is 0 Å². The van der Waals surface area contributed by atoms with Crippen molar-refractivity contribution in [1.82, 2.24) is 0 Å². The van der Waals surface area contributed by atoms with E-state index in [0.29, 0.717) is 24.8 Å². The van der Waals surface area contributed by atoms with Crippen LogP contribution in [0.25, 0.3) is 6.08 Å². The summed E-state index contributed by atoms with van der Waals surface area (Å²) in [5.41, 5.74) is 2.39. The molecule has 0 bridgehead atoms. The number of benzene rings is 3. The minimum absolute atomic E-state index is 0.0247. The second-order valence-corrected chi connectivity index (χ2v) is 10.9. The lowest BCUT2D eigenvalue weighted by Gasteiger charge is -2.41. The van der Waals surface area contributed by atoms with Crippen LogP contribution in [-0.4, -0.2) is 85.8 Å². The smallest absolute Gasteiger partial charge is 0.330 e. The number of ketones is 1. The molecule has 0 spiro atoms. The lowest BCUT2D eigenvalue weighted by Crippen LogP contribution is -2.60. The van der Waals surface area contributed by atoms with Gasteiger partial charge in [-0.05, 0) is 78.4 Å². The summed E-state index contributed by atoms with van der Waals surface area (Å²) in [7, 11) is 0. The molecule has 0 radical (unpaired) electrons. The number of hydrogen-bond acceptors (Lipinski definition) is 11. The third kappa shape index (κ3) is 10.4. The molecule has 3 aromatic carbocycles. The van der Waals surface area contributed by atoms with E-state index in [-0.39, 0.29) is 35.9 Å². The molecule has 6 N–H and O–H groups in total. The Bertz CT molecular complexity index is 1400. The van der Waals surface area contributed by atoms with Crippen LogP contribution in [-0.2, 0) is 36.6 Å². The molecule has 11 heteroatoms. The van der Waals surface area contributed by atoms with Gasteiger partial charge in [-0.1, -0.05) is 36.4 Å². The average molecular weight is 623 g/mol. The molecule has 6 atom stereocenters. The molecular formula is C34H38O11. The minimum Gasteiger partial charge on any atom is -0.508 e. The topological polar surface area (TPSA) is 183 Å². The van der Waals surface area contributed by atoms with E-state index in [9.17, 15) is 40.2 Å². The van der Waals surface area contributed by atoms with Gasteiger partial charge in [-0.25, -0.2) is 4.79 Å². The van der Waals surface area contributed by atoms with Gasteiger partial charge in [0.2, 0.25) is 0 Å². The molecular weight excluding hydrogens is 584 g/mol. The first-order chi connectivity index (χ1) is 21.6. The van der Waals surface area contributed by atoms with E-state index in [1.165, 1.54) is 18.2 Å². The first-order valence-corrected chi connectivity index (χ1v) is 14.6. The fourth-order valence-electron chi connectivity index (χ4n) is 4.83. The lowest BCUT2D eigenvalue weighted by molar-refractivity contribution is -0.311. The van der Waals surface area contributed by atoms with Gasteiger partial charge in [-0.3, -0.25) is 4.79 Å². The van der Waals surface area contributed by atoms with Crippen LogP contribution in [0.3, 0.4) is 0 Å². The number of aliphatic hydroxyl groups is 3. The Hall–Kier alpha value is -4.26. The summed E-state index contributed by atoms with van der Waals surface area (Å²) in [6.45, 7) is -0.451. The van der Waals surface area contributed by atoms with E-state index in [4.69, 9.17) is 14.2 Å². The van der Waals surface area contributed by atoms with E-state index in [0.717, 1.165) is 17.2 Å². The van der Waals surface area contributed by atoms with Gasteiger partial charge in [-0.15, -0.1) is 0 Å². The van der Waals surface area contributed by atoms with Crippen molar-refractivity contribution in [3.63, 3.8) is 0 Å². The third-order valence-electron chi connectivity index (χ3n) is 7.47. The van der Waals surface area contributed by atoms with Gasteiger partial charge < -0.3 is 44.8 Å². The molecule has 0 amide bonds. The molecule has 11 nitrogen and oxygen atoms in total. The molecule has 0 saturated carbocycles. The predicted molar refractivity (Wildman–Crippen MR) is 162 cm³/mol. The highest BCUT2D eigenvalue weighted by atomic mass is 16.7. The summed E-state index contributed by atoms with van der Waals surface area (Å²) >= 11 is 0. The number of carbonyl (C=O) groups is 2. The van der Waals surface area contributed by atoms with Gasteiger partial charge in [0, 0.05) is 18.9 Å². The SMILES string of the molecule is O=C(CCc1ccc(O)cc1)CC(CCc1ccc(O)cc1)O[C@H]1O[C@@H](COC(=O)/C=C/c2ccc(O)cc2)[C@H](O)[C@@H](O)[C@@H]1O. The summed E-state index contributed by atoms with van der Waals surface area (Å²) in [5, 5.41) is 60.2. The second kappa shape index (κ2) is 16.2. The highest BCUT2D eigenvalue weighted by Crippen LogP contribution is 2.26. The molecule has 0 aromatic heterocycles. The van der Waals surface area contributed by atoms with Crippen LogP contribution < -0.4 is 0 Å². The fraction of sp³-hybridized carbons (Fsp3) is 0.353. The number of aromatic hydroxyl groups is 3. The number of phenolic OH excluding ortho intramolecular Hbond substituents is 3. The molecule has 45 heavy (non-hydrogen) atoms. The molecule has 1 aliphatic heterocycles. The van der Waals surface area contributed by atoms with Crippen molar-refractivity contribution in [2.75, 3.05) is 6.61 Å². The number of ether oxygens (including phenoxy) is 3. The van der Waals surface area contributed by atoms with Gasteiger partial charge in [0.05, 0.1) is 6.10 Å². The van der Waals surface area contributed by atoms with Crippen molar-refractivity contribution in [3.05, 3.63) is 95.6 Å². The van der Waals surface area contributed by atoms with Gasteiger partial charge in [-0.2, -0.15) is 0 Å². The van der Waals surface area contributed by atoms with Crippen molar-refractivity contribution in [3.8, 4) is 17.2 Å². The number of aliphatic hydroxyl groups excluding tert-OH is 3. The standard InChI is InChI=1S/C34H38O11/c35-24-10-1-21(2-11-24)7-16-27(38)19-28(17-8-22-3-12-25(36)13-4-22)44-34-33(42)32(41)31(40)29(45-34)20-43-30(39)18-9-23-5-14-26(37)15-6-23/h1-6,9-15,18,28-29,31-37,40-42H,7-8,16-17,19-20H2/b18-9+/t28?,29-,31-,32+,33-,34-/m0/s1. The molecule has 4 rings (SSSR count). The second-order valence-electron chi connectivity index (χ2n) is 10.9. The van der Waals surface area contributed by atoms with Crippen LogP contribution in [0.4, 0.5) is 0 Å². The summed E-state index contributed by atoms with van der Waals surface area (Å²) in [5.74, 6) is -0.537. The Morgan fingerprint density at radius 2 is 1.31 bits per heavy atom. The Morgan fingerprint density at radius 3 is 1.91 bits per heavy atom. The maximum absolute atomic E-state index is 13.0. The summed E-state index contributed by atoms with van der Waals surface area (Å²) in [4.78, 5) is 25.3. The number of Topliss-reactive ketones (excluding diaryl/α,β-unsaturated/α-hetero) is 1. The zero-order valence-corrected chi connectivity index (χ0v) is 24.5. The van der Waals surface area contributed by atoms with Crippen molar-refractivity contribution in [2.45, 2.75) is 68.9 Å². The highest BCUT2D eigenvalue weighted by Gasteiger charge is 2.45. The van der Waals surface area contributed by atoms with Crippen LogP contribution in [0.1, 0.15) is 36.0 Å². The van der Waals surface area contributed by atoms with Gasteiger partial charge in [0.15, 0.2) is 6.29 Å². The highest BCUT2D eigenvalue weighted by molar-refractivity contribution is 5.87. The normalized spacial score (nSPS) is 22.2. The van der Waals surface area contributed by atoms with Gasteiger partial charge in [0.1, 0.15) is 54.1 Å². The summed E-state index contributed by atoms with van der Waals surface area (Å²) in [6, 6.07) is 19.3. The molecule has 1 fully saturated rings. The number of carbonyl (C=O) groups excluding carboxylic acids is 2. The zero-order valence-electron chi connectivity index (χ0n) is 24.5. The van der Waals surface area contributed by atoms with Crippen molar-refractivity contribution >= 4 is 17.8 Å². The quantitative estimate of drug-likeness (QED) is 0.115. The molecule has 3 aromatic rings. The maximum atomic E-state index is 13.0. The van der Waals surface area contributed by atoms with E-state index in [1.54, 1.807) is 60.7 Å². The largest absolute Gasteiger partial charge is 0.508 e. The number of phenols is 3. The van der Waals surface area contributed by atoms with Crippen LogP contribution in [0, 0.1) is 0 Å².